The highest BCUT2D eigenvalue weighted by molar-refractivity contribution is 5.17. The van der Waals surface area contributed by atoms with Crippen molar-refractivity contribution in [3.63, 3.8) is 0 Å². The highest BCUT2D eigenvalue weighted by Gasteiger charge is 2.09. The first-order valence-corrected chi connectivity index (χ1v) is 3.55. The monoisotopic (exact) mass is 155 g/mol. The van der Waals surface area contributed by atoms with Gasteiger partial charge in [-0.25, -0.2) is 0 Å². The zero-order chi connectivity index (χ0) is 8.59. The Hall–Kier alpha value is -1.03. The van der Waals surface area contributed by atoms with Crippen LogP contribution in [0.25, 0.3) is 0 Å². The minimum Gasteiger partial charge on any atom is -0.323 e. The van der Waals surface area contributed by atoms with Crippen molar-refractivity contribution >= 4 is 0 Å². The molecule has 0 aliphatic heterocycles. The molecular weight excluding hydrogens is 142 g/mol. The summed E-state index contributed by atoms with van der Waals surface area (Å²) in [5, 5.41) is 2.89. The zero-order valence-corrected chi connectivity index (χ0v) is 7.01. The number of aryl methyl sites for hydroxylation is 1. The summed E-state index contributed by atoms with van der Waals surface area (Å²) in [5.41, 5.74) is 7.14. The Morgan fingerprint density at radius 2 is 2.18 bits per heavy atom. The van der Waals surface area contributed by atoms with Crippen LogP contribution in [0.3, 0.4) is 0 Å². The fourth-order valence-corrected chi connectivity index (χ4v) is 1.13. The lowest BCUT2D eigenvalue weighted by molar-refractivity contribution is 0.686. The minimum atomic E-state index is -0.108. The highest BCUT2D eigenvalue weighted by Crippen LogP contribution is 2.07. The molecule has 0 radical (unpaired) electrons. The van der Waals surface area contributed by atoms with Crippen LogP contribution in [0.15, 0.2) is 4.79 Å². The number of aromatic nitrogens is 2. The molecular formula is C7H13N3O. The van der Waals surface area contributed by atoms with Crippen LogP contribution in [0.5, 0.6) is 0 Å². The van der Waals surface area contributed by atoms with Crippen molar-refractivity contribution in [3.8, 4) is 0 Å². The SMILES string of the molecule is Cc1c([C@H](C)N)[nH]n(C)c1=O. The summed E-state index contributed by atoms with van der Waals surface area (Å²) in [7, 11) is 1.68. The molecule has 0 aromatic carbocycles. The number of H-pyrrole nitrogens is 1. The molecule has 62 valence electrons. The molecule has 0 aliphatic rings. The molecule has 4 heteroatoms. The maximum Gasteiger partial charge on any atom is 0.269 e. The lowest BCUT2D eigenvalue weighted by Crippen LogP contribution is -2.13. The van der Waals surface area contributed by atoms with E-state index in [2.05, 4.69) is 5.10 Å². The normalized spacial score (nSPS) is 13.5. The van der Waals surface area contributed by atoms with Crippen molar-refractivity contribution in [2.75, 3.05) is 0 Å². The van der Waals surface area contributed by atoms with Crippen molar-refractivity contribution < 1.29 is 0 Å². The van der Waals surface area contributed by atoms with Gasteiger partial charge < -0.3 is 5.73 Å². The second kappa shape index (κ2) is 2.54. The molecule has 1 heterocycles. The molecule has 0 spiro atoms. The molecule has 0 amide bonds. The third kappa shape index (κ3) is 1.21. The van der Waals surface area contributed by atoms with Crippen molar-refractivity contribution in [1.29, 1.82) is 0 Å². The van der Waals surface area contributed by atoms with Crippen LogP contribution in [0.4, 0.5) is 0 Å². The van der Waals surface area contributed by atoms with Crippen molar-refractivity contribution in [2.24, 2.45) is 12.8 Å². The highest BCUT2D eigenvalue weighted by atomic mass is 16.1. The number of nitrogens with one attached hydrogen (secondary N) is 1. The Balaban J connectivity index is 3.30. The first-order valence-electron chi connectivity index (χ1n) is 3.55. The second-order valence-electron chi connectivity index (χ2n) is 2.80. The van der Waals surface area contributed by atoms with Crippen LogP contribution in [0, 0.1) is 6.92 Å². The van der Waals surface area contributed by atoms with Gasteiger partial charge in [-0.2, -0.15) is 0 Å². The third-order valence-electron chi connectivity index (χ3n) is 1.77. The van der Waals surface area contributed by atoms with Gasteiger partial charge in [-0.15, -0.1) is 0 Å². The predicted octanol–water partition coefficient (Wildman–Crippen LogP) is 0.0415. The van der Waals surface area contributed by atoms with E-state index in [0.717, 1.165) is 5.69 Å². The summed E-state index contributed by atoms with van der Waals surface area (Å²) < 4.78 is 1.44. The molecule has 0 fully saturated rings. The van der Waals surface area contributed by atoms with E-state index < -0.39 is 0 Å². The van der Waals surface area contributed by atoms with Gasteiger partial charge in [-0.1, -0.05) is 0 Å². The Morgan fingerprint density at radius 3 is 2.36 bits per heavy atom. The maximum absolute atomic E-state index is 11.2. The molecule has 0 unspecified atom stereocenters. The molecule has 0 bridgehead atoms. The van der Waals surface area contributed by atoms with Crippen LogP contribution in [0.1, 0.15) is 24.2 Å². The van der Waals surface area contributed by atoms with Gasteiger partial charge in [0.2, 0.25) is 0 Å². The summed E-state index contributed by atoms with van der Waals surface area (Å²) in [6.45, 7) is 3.62. The number of hydrogen-bond acceptors (Lipinski definition) is 2. The van der Waals surface area contributed by atoms with Gasteiger partial charge in [0.25, 0.3) is 5.56 Å². The van der Waals surface area contributed by atoms with E-state index in [1.54, 1.807) is 14.0 Å². The van der Waals surface area contributed by atoms with E-state index >= 15 is 0 Å². The largest absolute Gasteiger partial charge is 0.323 e. The maximum atomic E-state index is 11.2. The Bertz CT molecular complexity index is 308. The summed E-state index contributed by atoms with van der Waals surface area (Å²) in [4.78, 5) is 11.2. The number of nitrogens with zero attached hydrogens (tertiary/aromatic N) is 1. The molecule has 4 nitrogen and oxygen atoms in total. The lowest BCUT2D eigenvalue weighted by Gasteiger charge is -2.00. The fraction of sp³-hybridized carbons (Fsp3) is 0.571. The minimum absolute atomic E-state index is 0.00250. The topological polar surface area (TPSA) is 63.8 Å². The quantitative estimate of drug-likeness (QED) is 0.601. The van der Waals surface area contributed by atoms with Crippen LogP contribution in [0.2, 0.25) is 0 Å². The Morgan fingerprint density at radius 1 is 1.64 bits per heavy atom. The van der Waals surface area contributed by atoms with E-state index in [-0.39, 0.29) is 11.6 Å². The van der Waals surface area contributed by atoms with Gasteiger partial charge in [0, 0.05) is 18.7 Å². The molecule has 1 atom stereocenters. The average molecular weight is 155 g/mol. The molecule has 1 rings (SSSR count). The van der Waals surface area contributed by atoms with Crippen LogP contribution in [-0.2, 0) is 7.05 Å². The molecule has 1 aromatic rings. The van der Waals surface area contributed by atoms with Gasteiger partial charge in [0.05, 0.1) is 5.69 Å². The van der Waals surface area contributed by atoms with Gasteiger partial charge in [-0.05, 0) is 13.8 Å². The smallest absolute Gasteiger partial charge is 0.269 e. The zero-order valence-electron chi connectivity index (χ0n) is 7.01. The van der Waals surface area contributed by atoms with Crippen LogP contribution >= 0.6 is 0 Å². The summed E-state index contributed by atoms with van der Waals surface area (Å²) in [6, 6.07) is -0.108. The summed E-state index contributed by atoms with van der Waals surface area (Å²) in [6.07, 6.45) is 0. The molecule has 0 saturated heterocycles. The van der Waals surface area contributed by atoms with E-state index in [1.807, 2.05) is 6.92 Å². The van der Waals surface area contributed by atoms with E-state index in [4.69, 9.17) is 5.73 Å². The van der Waals surface area contributed by atoms with Crippen LogP contribution in [-0.4, -0.2) is 9.78 Å². The summed E-state index contributed by atoms with van der Waals surface area (Å²) in [5.74, 6) is 0. The molecule has 3 N–H and O–H groups in total. The summed E-state index contributed by atoms with van der Waals surface area (Å²) >= 11 is 0. The van der Waals surface area contributed by atoms with E-state index in [9.17, 15) is 4.79 Å². The number of hydrogen-bond donors (Lipinski definition) is 2. The van der Waals surface area contributed by atoms with Gasteiger partial charge in [-0.3, -0.25) is 14.6 Å². The van der Waals surface area contributed by atoms with Crippen molar-refractivity contribution in [2.45, 2.75) is 19.9 Å². The molecule has 1 aromatic heterocycles. The van der Waals surface area contributed by atoms with Crippen molar-refractivity contribution in [3.05, 3.63) is 21.6 Å². The number of nitrogens with two attached hydrogens (primary N) is 1. The van der Waals surface area contributed by atoms with Gasteiger partial charge in [0.15, 0.2) is 0 Å². The lowest BCUT2D eigenvalue weighted by atomic mass is 10.2. The Kier molecular flexibility index (Phi) is 1.87. The number of rotatable bonds is 1. The molecule has 11 heavy (non-hydrogen) atoms. The number of aromatic amines is 1. The predicted molar refractivity (Wildman–Crippen MR) is 43.4 cm³/mol. The first-order chi connectivity index (χ1) is 5.04. The van der Waals surface area contributed by atoms with E-state index in [0.29, 0.717) is 5.56 Å². The molecule has 0 aliphatic carbocycles. The van der Waals surface area contributed by atoms with Crippen molar-refractivity contribution in [1.82, 2.24) is 9.78 Å². The van der Waals surface area contributed by atoms with Crippen LogP contribution < -0.4 is 11.3 Å². The standard InChI is InChI=1S/C7H13N3O/c1-4-6(5(2)8)9-10(3)7(4)11/h5,9H,8H2,1-3H3/t5-/m0/s1. The fourth-order valence-electron chi connectivity index (χ4n) is 1.13. The molecule has 0 saturated carbocycles. The first kappa shape index (κ1) is 8.07. The van der Waals surface area contributed by atoms with Gasteiger partial charge >= 0.3 is 0 Å². The van der Waals surface area contributed by atoms with Gasteiger partial charge in [0.1, 0.15) is 0 Å². The Labute approximate surface area is 65.0 Å². The van der Waals surface area contributed by atoms with E-state index in [1.165, 1.54) is 4.68 Å². The average Bonchev–Trinajstić information content (AvgIpc) is 2.17. The second-order valence-corrected chi connectivity index (χ2v) is 2.80. The third-order valence-corrected chi connectivity index (χ3v) is 1.77.